The zero-order valence-corrected chi connectivity index (χ0v) is 15.9. The molecule has 0 aromatic heterocycles. The van der Waals surface area contributed by atoms with Crippen molar-refractivity contribution < 1.29 is 4.74 Å². The number of fused-ring (bicyclic) bond motifs is 1. The summed E-state index contributed by atoms with van der Waals surface area (Å²) in [4.78, 5) is 2.44. The van der Waals surface area contributed by atoms with E-state index in [0.717, 1.165) is 61.9 Å². The Bertz CT molecular complexity index is 874. The normalized spacial score (nSPS) is 17.1. The van der Waals surface area contributed by atoms with E-state index in [0.29, 0.717) is 5.17 Å². The first kappa shape index (κ1) is 18.0. The van der Waals surface area contributed by atoms with Gasteiger partial charge in [0.05, 0.1) is 18.9 Å². The summed E-state index contributed by atoms with van der Waals surface area (Å²) >= 11 is 6.24. The van der Waals surface area contributed by atoms with Gasteiger partial charge in [-0.25, -0.2) is 0 Å². The number of morpholine rings is 1. The third kappa shape index (κ3) is 4.16. The molecule has 0 radical (unpaired) electrons. The topological polar surface area (TPSA) is 48.9 Å². The van der Waals surface area contributed by atoms with Crippen LogP contribution in [0, 0.1) is 0 Å². The van der Waals surface area contributed by atoms with Crippen LogP contribution in [0.25, 0.3) is 5.70 Å². The van der Waals surface area contributed by atoms with E-state index in [9.17, 15) is 0 Å². The van der Waals surface area contributed by atoms with E-state index in [1.807, 2.05) is 18.2 Å². The molecule has 0 amide bonds. The number of nitrogens with zero attached hydrogens (tertiary/aromatic N) is 2. The van der Waals surface area contributed by atoms with Crippen molar-refractivity contribution in [1.82, 2.24) is 10.3 Å². The van der Waals surface area contributed by atoms with Crippen molar-refractivity contribution in [3.63, 3.8) is 0 Å². The summed E-state index contributed by atoms with van der Waals surface area (Å²) in [6.07, 6.45) is 0. The number of benzene rings is 2. The molecule has 0 saturated carbocycles. The van der Waals surface area contributed by atoms with Crippen LogP contribution in [0.4, 0.5) is 5.69 Å². The molecule has 5 nitrogen and oxygen atoms in total. The average Bonchev–Trinajstić information content (AvgIpc) is 2.71. The molecule has 4 rings (SSSR count). The lowest BCUT2D eigenvalue weighted by atomic mass is 10.0. The highest BCUT2D eigenvalue weighted by molar-refractivity contribution is 6.70. The van der Waals surface area contributed by atoms with Gasteiger partial charge in [0.25, 0.3) is 0 Å². The molecule has 1 fully saturated rings. The number of anilines is 1. The van der Waals surface area contributed by atoms with Gasteiger partial charge in [-0.3, -0.25) is 10.3 Å². The first-order valence-electron chi connectivity index (χ1n) is 9.14. The van der Waals surface area contributed by atoms with Crippen molar-refractivity contribution in [2.75, 3.05) is 31.6 Å². The number of hydrogen-bond donors (Lipinski definition) is 2. The quantitative estimate of drug-likeness (QED) is 0.829. The third-order valence-electron chi connectivity index (χ3n) is 4.95. The fraction of sp³-hybridized carbons (Fsp3) is 0.286. The molecule has 0 bridgehead atoms. The minimum atomic E-state index is 0.453. The Morgan fingerprint density at radius 1 is 1.11 bits per heavy atom. The van der Waals surface area contributed by atoms with Crippen LogP contribution in [-0.2, 0) is 17.8 Å². The van der Waals surface area contributed by atoms with Gasteiger partial charge in [-0.2, -0.15) is 5.10 Å². The maximum Gasteiger partial charge on any atom is 0.157 e. The summed E-state index contributed by atoms with van der Waals surface area (Å²) in [7, 11) is 0. The van der Waals surface area contributed by atoms with Crippen molar-refractivity contribution in [2.24, 2.45) is 5.10 Å². The van der Waals surface area contributed by atoms with E-state index in [4.69, 9.17) is 16.3 Å². The van der Waals surface area contributed by atoms with Gasteiger partial charge in [-0.05, 0) is 23.3 Å². The Morgan fingerprint density at radius 2 is 1.89 bits per heavy atom. The van der Waals surface area contributed by atoms with E-state index in [2.05, 4.69) is 51.6 Å². The van der Waals surface area contributed by atoms with Crippen LogP contribution in [0.1, 0.15) is 22.3 Å². The maximum absolute atomic E-state index is 6.24. The summed E-state index contributed by atoms with van der Waals surface area (Å²) < 4.78 is 5.45. The van der Waals surface area contributed by atoms with Gasteiger partial charge in [0.15, 0.2) is 5.17 Å². The second kappa shape index (κ2) is 8.13. The third-order valence-corrected chi connectivity index (χ3v) is 5.24. The summed E-state index contributed by atoms with van der Waals surface area (Å²) in [5.41, 5.74) is 9.14. The van der Waals surface area contributed by atoms with Gasteiger partial charge in [0, 0.05) is 43.0 Å². The molecular formula is C21H23ClN4O. The number of hydrogen-bond acceptors (Lipinski definition) is 5. The molecule has 27 heavy (non-hydrogen) atoms. The monoisotopic (exact) mass is 382 g/mol. The fourth-order valence-corrected chi connectivity index (χ4v) is 3.61. The van der Waals surface area contributed by atoms with Gasteiger partial charge in [0.2, 0.25) is 0 Å². The molecule has 2 aliphatic rings. The Hall–Kier alpha value is -2.34. The van der Waals surface area contributed by atoms with Crippen LogP contribution in [0.5, 0.6) is 0 Å². The van der Waals surface area contributed by atoms with Crippen LogP contribution in [-0.4, -0.2) is 36.4 Å². The smallest absolute Gasteiger partial charge is 0.157 e. The maximum atomic E-state index is 6.24. The number of rotatable bonds is 5. The van der Waals surface area contributed by atoms with Gasteiger partial charge >= 0.3 is 0 Å². The Kier molecular flexibility index (Phi) is 5.43. The number of halogens is 1. The van der Waals surface area contributed by atoms with Crippen LogP contribution in [0.3, 0.4) is 0 Å². The van der Waals surface area contributed by atoms with Crippen molar-refractivity contribution in [3.05, 3.63) is 71.3 Å². The second-order valence-electron chi connectivity index (χ2n) is 6.76. The molecule has 0 atom stereocenters. The minimum Gasteiger partial charge on any atom is -0.381 e. The van der Waals surface area contributed by atoms with Crippen molar-refractivity contribution in [1.29, 1.82) is 0 Å². The first-order valence-corrected chi connectivity index (χ1v) is 9.52. The van der Waals surface area contributed by atoms with E-state index in [-0.39, 0.29) is 0 Å². The van der Waals surface area contributed by atoms with Crippen LogP contribution < -0.4 is 10.7 Å². The highest BCUT2D eigenvalue weighted by Gasteiger charge is 2.16. The molecular weight excluding hydrogens is 360 g/mol. The summed E-state index contributed by atoms with van der Waals surface area (Å²) in [5.74, 6) is 0. The Morgan fingerprint density at radius 3 is 2.70 bits per heavy atom. The zero-order valence-electron chi connectivity index (χ0n) is 15.2. The Labute approximate surface area is 164 Å². The van der Waals surface area contributed by atoms with Crippen molar-refractivity contribution >= 4 is 28.2 Å². The van der Waals surface area contributed by atoms with Gasteiger partial charge < -0.3 is 10.1 Å². The van der Waals surface area contributed by atoms with Gasteiger partial charge in [-0.1, -0.05) is 48.5 Å². The zero-order chi connectivity index (χ0) is 18.6. The van der Waals surface area contributed by atoms with Crippen LogP contribution in [0.2, 0.25) is 0 Å². The molecule has 2 aliphatic heterocycles. The summed E-state index contributed by atoms with van der Waals surface area (Å²) in [6.45, 7) is 9.29. The molecule has 0 spiro atoms. The van der Waals surface area contributed by atoms with E-state index >= 15 is 0 Å². The molecule has 2 aromatic rings. The molecule has 2 heterocycles. The Balaban J connectivity index is 1.47. The molecule has 2 aromatic carbocycles. The number of hydrazone groups is 1. The van der Waals surface area contributed by atoms with Crippen molar-refractivity contribution in [3.8, 4) is 0 Å². The molecule has 6 heteroatoms. The minimum absolute atomic E-state index is 0.453. The summed E-state index contributed by atoms with van der Waals surface area (Å²) in [5, 5.41) is 8.05. The lowest BCUT2D eigenvalue weighted by Crippen LogP contribution is -2.35. The lowest BCUT2D eigenvalue weighted by molar-refractivity contribution is 0.0341. The number of nitrogens with one attached hydrogen (secondary N) is 2. The molecule has 140 valence electrons. The number of ether oxygens (including phenoxy) is 1. The van der Waals surface area contributed by atoms with Crippen LogP contribution >= 0.6 is 11.6 Å². The molecule has 1 saturated heterocycles. The van der Waals surface area contributed by atoms with Gasteiger partial charge in [0.1, 0.15) is 0 Å². The standard InChI is InChI=1S/C21H23ClN4O/c1-15-19-7-6-18(12-20(19)21(22)25-24-15)23-13-16-4-2-3-5-17(16)14-26-8-10-27-11-9-26/h2-7,12,23-24H,1,8-11,13-14H2. The van der Waals surface area contributed by atoms with Crippen molar-refractivity contribution in [2.45, 2.75) is 13.1 Å². The van der Waals surface area contributed by atoms with E-state index in [1.165, 1.54) is 11.1 Å². The highest BCUT2D eigenvalue weighted by Crippen LogP contribution is 2.26. The van der Waals surface area contributed by atoms with E-state index in [1.54, 1.807) is 0 Å². The highest BCUT2D eigenvalue weighted by atomic mass is 35.5. The van der Waals surface area contributed by atoms with Gasteiger partial charge in [-0.15, -0.1) is 0 Å². The summed E-state index contributed by atoms with van der Waals surface area (Å²) in [6, 6.07) is 14.7. The van der Waals surface area contributed by atoms with Crippen LogP contribution in [0.15, 0.2) is 54.1 Å². The molecule has 0 unspecified atom stereocenters. The van der Waals surface area contributed by atoms with E-state index < -0.39 is 0 Å². The second-order valence-corrected chi connectivity index (χ2v) is 7.12. The molecule has 0 aliphatic carbocycles. The average molecular weight is 383 g/mol. The largest absolute Gasteiger partial charge is 0.381 e. The SMILES string of the molecule is C=C1NN=C(Cl)c2cc(NCc3ccccc3CN3CCOCC3)ccc21. The predicted octanol–water partition coefficient (Wildman–Crippen LogP) is 3.61. The molecule has 2 N–H and O–H groups in total. The predicted molar refractivity (Wildman–Crippen MR) is 111 cm³/mol. The lowest BCUT2D eigenvalue weighted by Gasteiger charge is -2.27. The first-order chi connectivity index (χ1) is 13.2. The fourth-order valence-electron chi connectivity index (χ4n) is 3.41.